The van der Waals surface area contributed by atoms with Crippen molar-refractivity contribution in [2.45, 2.75) is 51.4 Å². The minimum absolute atomic E-state index is 0.108. The van der Waals surface area contributed by atoms with Crippen LogP contribution in [0, 0.1) is 5.92 Å². The number of carbonyl (C=O) groups is 2. The average molecular weight is 299 g/mol. The number of pyridine rings is 1. The van der Waals surface area contributed by atoms with Crippen LogP contribution in [-0.4, -0.2) is 21.7 Å². The van der Waals surface area contributed by atoms with E-state index in [-0.39, 0.29) is 22.6 Å². The number of carbonyl (C=O) groups excluding carboxylic acids is 2. The van der Waals surface area contributed by atoms with E-state index in [9.17, 15) is 14.7 Å². The first-order valence-corrected chi connectivity index (χ1v) is 8.15. The van der Waals surface area contributed by atoms with Crippen LogP contribution in [0.25, 0.3) is 5.76 Å². The van der Waals surface area contributed by atoms with E-state index in [1.807, 2.05) is 0 Å². The molecule has 116 valence electrons. The molecular weight excluding hydrogens is 278 g/mol. The van der Waals surface area contributed by atoms with E-state index in [4.69, 9.17) is 0 Å². The van der Waals surface area contributed by atoms with Crippen molar-refractivity contribution in [1.82, 2.24) is 4.98 Å². The first-order valence-electron chi connectivity index (χ1n) is 8.15. The summed E-state index contributed by atoms with van der Waals surface area (Å²) in [7, 11) is 0. The summed E-state index contributed by atoms with van der Waals surface area (Å²) in [6.07, 6.45) is 10.3. The molecule has 0 atom stereocenters. The fourth-order valence-electron chi connectivity index (χ4n) is 3.56. The summed E-state index contributed by atoms with van der Waals surface area (Å²) in [5.74, 6) is -0.490. The number of fused-ring (bicyclic) bond motifs is 1. The Labute approximate surface area is 130 Å². The molecule has 4 nitrogen and oxygen atoms in total. The van der Waals surface area contributed by atoms with Gasteiger partial charge in [0.25, 0.3) is 0 Å². The molecule has 3 rings (SSSR count). The second kappa shape index (κ2) is 6.42. The van der Waals surface area contributed by atoms with Gasteiger partial charge in [-0.25, -0.2) is 0 Å². The number of hydrogen-bond donors (Lipinski definition) is 1. The number of hydrogen-bond acceptors (Lipinski definition) is 4. The largest absolute Gasteiger partial charge is 0.505 e. The number of Topliss-reactive ketones (excluding diaryl/α,β-unsaturated/α-hetero) is 2. The van der Waals surface area contributed by atoms with Crippen LogP contribution in [-0.2, 0) is 4.79 Å². The van der Waals surface area contributed by atoms with Crippen molar-refractivity contribution in [3.8, 4) is 0 Å². The molecule has 4 heteroatoms. The fourth-order valence-corrected chi connectivity index (χ4v) is 3.56. The van der Waals surface area contributed by atoms with Crippen molar-refractivity contribution < 1.29 is 14.7 Å². The van der Waals surface area contributed by atoms with Crippen molar-refractivity contribution in [3.63, 3.8) is 0 Å². The topological polar surface area (TPSA) is 67.3 Å². The maximum atomic E-state index is 12.2. The van der Waals surface area contributed by atoms with Gasteiger partial charge in [0.15, 0.2) is 0 Å². The Hall–Kier alpha value is -1.97. The van der Waals surface area contributed by atoms with Crippen LogP contribution in [0.4, 0.5) is 0 Å². The number of ketones is 2. The molecule has 22 heavy (non-hydrogen) atoms. The van der Waals surface area contributed by atoms with Gasteiger partial charge < -0.3 is 5.11 Å². The number of nitrogens with zero attached hydrogens (tertiary/aromatic N) is 1. The normalized spacial score (nSPS) is 19.5. The molecule has 1 aromatic rings. The number of aromatic nitrogens is 1. The standard InChI is InChI=1S/C18H21NO3/c20-16-14(9-4-8-12-6-2-1-3-7-12)18(22)17(21)13-10-5-11-19-15(13)16/h5,10-12,20H,1-4,6-9H2. The first-order chi connectivity index (χ1) is 10.7. The minimum Gasteiger partial charge on any atom is -0.505 e. The number of aliphatic hydroxyl groups is 1. The molecule has 0 aliphatic heterocycles. The van der Waals surface area contributed by atoms with Gasteiger partial charge in [-0.2, -0.15) is 0 Å². The van der Waals surface area contributed by atoms with Gasteiger partial charge in [-0.1, -0.05) is 38.5 Å². The molecule has 0 radical (unpaired) electrons. The van der Waals surface area contributed by atoms with Crippen LogP contribution in [0.2, 0.25) is 0 Å². The van der Waals surface area contributed by atoms with Gasteiger partial charge in [0.05, 0.1) is 5.56 Å². The average Bonchev–Trinajstić information content (AvgIpc) is 2.57. The van der Waals surface area contributed by atoms with Gasteiger partial charge in [0.2, 0.25) is 11.6 Å². The minimum atomic E-state index is -0.568. The molecule has 1 saturated carbocycles. The molecule has 1 aromatic heterocycles. The van der Waals surface area contributed by atoms with Crippen LogP contribution < -0.4 is 0 Å². The summed E-state index contributed by atoms with van der Waals surface area (Å²) in [5.41, 5.74) is 0.702. The molecule has 2 aliphatic rings. The zero-order valence-corrected chi connectivity index (χ0v) is 12.7. The molecule has 0 saturated heterocycles. The summed E-state index contributed by atoms with van der Waals surface area (Å²) < 4.78 is 0. The van der Waals surface area contributed by atoms with Gasteiger partial charge in [-0.3, -0.25) is 14.6 Å². The molecule has 2 aliphatic carbocycles. The predicted octanol–water partition coefficient (Wildman–Crippen LogP) is 3.87. The van der Waals surface area contributed by atoms with Crippen molar-refractivity contribution >= 4 is 17.3 Å². The summed E-state index contributed by atoms with van der Waals surface area (Å²) in [6, 6.07) is 3.14. The fraction of sp³-hybridized carbons (Fsp3) is 0.500. The summed E-state index contributed by atoms with van der Waals surface area (Å²) in [4.78, 5) is 28.3. The third kappa shape index (κ3) is 2.82. The quantitative estimate of drug-likeness (QED) is 0.857. The molecule has 1 heterocycles. The van der Waals surface area contributed by atoms with Crippen LogP contribution in [0.15, 0.2) is 23.9 Å². The molecule has 0 bridgehead atoms. The highest BCUT2D eigenvalue weighted by atomic mass is 16.3. The highest BCUT2D eigenvalue weighted by Gasteiger charge is 2.33. The number of allylic oxidation sites excluding steroid dienone is 1. The lowest BCUT2D eigenvalue weighted by Gasteiger charge is -2.22. The second-order valence-corrected chi connectivity index (χ2v) is 6.28. The predicted molar refractivity (Wildman–Crippen MR) is 83.5 cm³/mol. The molecule has 0 unspecified atom stereocenters. The van der Waals surface area contributed by atoms with Crippen LogP contribution in [0.5, 0.6) is 0 Å². The zero-order chi connectivity index (χ0) is 15.5. The smallest absolute Gasteiger partial charge is 0.235 e. The third-order valence-corrected chi connectivity index (χ3v) is 4.81. The van der Waals surface area contributed by atoms with Gasteiger partial charge in [0, 0.05) is 11.8 Å². The van der Waals surface area contributed by atoms with E-state index in [0.717, 1.165) is 18.8 Å². The Morgan fingerprint density at radius 1 is 1.14 bits per heavy atom. The number of aliphatic hydroxyl groups excluding tert-OH is 1. The van der Waals surface area contributed by atoms with E-state index in [0.29, 0.717) is 6.42 Å². The lowest BCUT2D eigenvalue weighted by atomic mass is 9.84. The monoisotopic (exact) mass is 299 g/mol. The molecule has 1 N–H and O–H groups in total. The Bertz CT molecular complexity index is 627. The highest BCUT2D eigenvalue weighted by Crippen LogP contribution is 2.31. The Morgan fingerprint density at radius 3 is 2.68 bits per heavy atom. The third-order valence-electron chi connectivity index (χ3n) is 4.81. The van der Waals surface area contributed by atoms with E-state index >= 15 is 0 Å². The van der Waals surface area contributed by atoms with Gasteiger partial charge >= 0.3 is 0 Å². The van der Waals surface area contributed by atoms with Crippen LogP contribution in [0.1, 0.15) is 67.4 Å². The zero-order valence-electron chi connectivity index (χ0n) is 12.7. The van der Waals surface area contributed by atoms with E-state index in [1.54, 1.807) is 6.07 Å². The maximum absolute atomic E-state index is 12.2. The van der Waals surface area contributed by atoms with Crippen LogP contribution >= 0.6 is 0 Å². The maximum Gasteiger partial charge on any atom is 0.235 e. The molecule has 0 spiro atoms. The highest BCUT2D eigenvalue weighted by molar-refractivity contribution is 6.52. The van der Waals surface area contributed by atoms with Crippen molar-refractivity contribution in [2.75, 3.05) is 0 Å². The summed E-state index contributed by atoms with van der Waals surface area (Å²) >= 11 is 0. The molecule has 1 fully saturated rings. The van der Waals surface area contributed by atoms with E-state index in [1.165, 1.54) is 44.4 Å². The van der Waals surface area contributed by atoms with Crippen molar-refractivity contribution in [1.29, 1.82) is 0 Å². The summed E-state index contributed by atoms with van der Waals surface area (Å²) in [6.45, 7) is 0. The van der Waals surface area contributed by atoms with E-state index < -0.39 is 11.6 Å². The Morgan fingerprint density at radius 2 is 1.91 bits per heavy atom. The summed E-state index contributed by atoms with van der Waals surface area (Å²) in [5, 5.41) is 10.3. The second-order valence-electron chi connectivity index (χ2n) is 6.28. The number of rotatable bonds is 4. The van der Waals surface area contributed by atoms with Crippen LogP contribution in [0.3, 0.4) is 0 Å². The van der Waals surface area contributed by atoms with Gasteiger partial charge in [0.1, 0.15) is 11.5 Å². The van der Waals surface area contributed by atoms with Gasteiger partial charge in [-0.15, -0.1) is 0 Å². The molecular formula is C18H21NO3. The van der Waals surface area contributed by atoms with E-state index in [2.05, 4.69) is 4.98 Å². The lowest BCUT2D eigenvalue weighted by molar-refractivity contribution is -0.112. The van der Waals surface area contributed by atoms with Crippen molar-refractivity contribution in [2.24, 2.45) is 5.92 Å². The Kier molecular flexibility index (Phi) is 4.36. The first kappa shape index (κ1) is 14.9. The van der Waals surface area contributed by atoms with Gasteiger partial charge in [-0.05, 0) is 30.9 Å². The SMILES string of the molecule is O=C1C(=O)c2cccnc2C(O)=C1CCCC1CCCCC1. The van der Waals surface area contributed by atoms with Crippen molar-refractivity contribution in [3.05, 3.63) is 35.2 Å². The molecule has 0 aromatic carbocycles. The lowest BCUT2D eigenvalue weighted by Crippen LogP contribution is -2.25. The Balaban J connectivity index is 1.72. The molecule has 0 amide bonds.